The molecule has 0 fully saturated rings. The van der Waals surface area contributed by atoms with E-state index < -0.39 is 5.82 Å². The number of halogens is 3. The van der Waals surface area contributed by atoms with Crippen LogP contribution in [0.2, 0.25) is 0 Å². The van der Waals surface area contributed by atoms with Gasteiger partial charge in [0.2, 0.25) is 0 Å². The second kappa shape index (κ2) is 8.68. The monoisotopic (exact) mass is 475 g/mol. The van der Waals surface area contributed by atoms with Gasteiger partial charge in [0.05, 0.1) is 4.47 Å². The number of pyridine rings is 1. The van der Waals surface area contributed by atoms with Gasteiger partial charge >= 0.3 is 0 Å². The van der Waals surface area contributed by atoms with Crippen molar-refractivity contribution < 1.29 is 8.78 Å². The molecule has 0 aliphatic heterocycles. The number of rotatable bonds is 5. The van der Waals surface area contributed by atoms with Crippen LogP contribution >= 0.6 is 27.3 Å². The lowest BCUT2D eigenvalue weighted by Crippen LogP contribution is -2.28. The van der Waals surface area contributed by atoms with Crippen molar-refractivity contribution >= 4 is 38.2 Å². The second-order valence-corrected chi connectivity index (χ2v) is 7.88. The summed E-state index contributed by atoms with van der Waals surface area (Å²) in [6.07, 6.45) is 4.03. The van der Waals surface area contributed by atoms with E-state index in [0.717, 1.165) is 6.07 Å². The molecule has 148 valence electrons. The molecule has 0 bridgehead atoms. The zero-order valence-corrected chi connectivity index (χ0v) is 18.0. The number of nitriles is 1. The van der Waals surface area contributed by atoms with E-state index in [1.165, 1.54) is 34.2 Å². The summed E-state index contributed by atoms with van der Waals surface area (Å²) in [6, 6.07) is 9.05. The molecule has 0 spiro atoms. The maximum absolute atomic E-state index is 13.8. The van der Waals surface area contributed by atoms with Gasteiger partial charge in [-0.1, -0.05) is 18.3 Å². The van der Waals surface area contributed by atoms with Crippen molar-refractivity contribution in [3.63, 3.8) is 0 Å². The van der Waals surface area contributed by atoms with E-state index in [1.54, 1.807) is 24.1 Å². The van der Waals surface area contributed by atoms with Crippen LogP contribution in [0.5, 0.6) is 0 Å². The van der Waals surface area contributed by atoms with E-state index in [4.69, 9.17) is 5.41 Å². The van der Waals surface area contributed by atoms with Gasteiger partial charge in [0, 0.05) is 24.9 Å². The van der Waals surface area contributed by atoms with E-state index in [-0.39, 0.29) is 15.8 Å². The number of benzene rings is 1. The molecule has 3 aromatic rings. The predicted octanol–water partition coefficient (Wildman–Crippen LogP) is 5.35. The quantitative estimate of drug-likeness (QED) is 0.540. The summed E-state index contributed by atoms with van der Waals surface area (Å²) >= 11 is 4.34. The first kappa shape index (κ1) is 20.9. The number of nitrogens with zero attached hydrogens (tertiary/aromatic N) is 4. The summed E-state index contributed by atoms with van der Waals surface area (Å²) in [5, 5.41) is 18.2. The van der Waals surface area contributed by atoms with Crippen LogP contribution in [-0.2, 0) is 0 Å². The average molecular weight is 476 g/mol. The zero-order chi connectivity index (χ0) is 21.1. The van der Waals surface area contributed by atoms with Gasteiger partial charge in [-0.3, -0.25) is 9.98 Å². The Hall–Kier alpha value is -2.83. The van der Waals surface area contributed by atoms with Crippen molar-refractivity contribution in [1.82, 2.24) is 9.55 Å². The molecule has 9 heteroatoms. The van der Waals surface area contributed by atoms with E-state index in [9.17, 15) is 14.0 Å². The summed E-state index contributed by atoms with van der Waals surface area (Å²) in [4.78, 5) is 6.71. The van der Waals surface area contributed by atoms with Crippen LogP contribution in [0.4, 0.5) is 13.9 Å². The first-order valence-corrected chi connectivity index (χ1v) is 10.2. The van der Waals surface area contributed by atoms with E-state index in [0.29, 0.717) is 33.5 Å². The number of hydrogen-bond donors (Lipinski definition) is 1. The molecule has 2 aromatic heterocycles. The molecule has 0 radical (unpaired) electrons. The minimum Gasteiger partial charge on any atom is -0.307 e. The highest BCUT2D eigenvalue weighted by Gasteiger charge is 2.19. The van der Waals surface area contributed by atoms with Crippen molar-refractivity contribution in [3.05, 3.63) is 69.1 Å². The molecule has 0 unspecified atom stereocenters. The lowest BCUT2D eigenvalue weighted by molar-refractivity contribution is 0.610. The molecule has 29 heavy (non-hydrogen) atoms. The maximum Gasteiger partial charge on any atom is 0.192 e. The topological polar surface area (TPSA) is 68.7 Å². The van der Waals surface area contributed by atoms with Crippen molar-refractivity contribution in [2.45, 2.75) is 13.3 Å². The van der Waals surface area contributed by atoms with Gasteiger partial charge in [-0.2, -0.15) is 5.26 Å². The number of allylic oxidation sites excluding steroid dienone is 1. The number of aromatic nitrogens is 2. The van der Waals surface area contributed by atoms with Crippen LogP contribution in [-0.4, -0.2) is 16.6 Å². The molecule has 1 N–H and O–H groups in total. The Morgan fingerprint density at radius 1 is 1.38 bits per heavy atom. The van der Waals surface area contributed by atoms with Crippen molar-refractivity contribution in [1.29, 1.82) is 10.7 Å². The molecule has 2 heterocycles. The van der Waals surface area contributed by atoms with E-state index in [2.05, 4.69) is 27.0 Å². The average Bonchev–Trinajstić information content (AvgIpc) is 3.14. The minimum absolute atomic E-state index is 0.0342. The Morgan fingerprint density at radius 3 is 2.69 bits per heavy atom. The second-order valence-electron chi connectivity index (χ2n) is 6.05. The Morgan fingerprint density at radius 2 is 2.07 bits per heavy atom. The number of hydrogen-bond acceptors (Lipinski definition) is 5. The van der Waals surface area contributed by atoms with Gasteiger partial charge in [0.25, 0.3) is 0 Å². The van der Waals surface area contributed by atoms with Crippen LogP contribution in [0.1, 0.15) is 18.2 Å². The SMILES string of the molecule is CC/C=C(\N(C)c1nc(-c2ccc(F)cc2)c(C#N)s1)n1cc(Br)c(F)cc1=N. The molecule has 0 saturated heterocycles. The maximum atomic E-state index is 13.8. The van der Waals surface area contributed by atoms with Crippen LogP contribution < -0.4 is 10.4 Å². The third-order valence-electron chi connectivity index (χ3n) is 4.09. The molecule has 0 aliphatic rings. The molecule has 0 amide bonds. The van der Waals surface area contributed by atoms with Crippen molar-refractivity contribution in [2.24, 2.45) is 0 Å². The standard InChI is InChI=1S/C20H16BrF2N5S/c1-3-4-18(28-11-14(21)15(23)9-17(28)25)27(2)20-26-19(16(10-24)29-20)12-5-7-13(22)8-6-12/h4-9,11,25H,3H2,1-2H3/b18-4+,25-17?. The Bertz CT molecular complexity index is 1180. The third kappa shape index (κ3) is 4.28. The Labute approximate surface area is 178 Å². The first-order valence-electron chi connectivity index (χ1n) is 8.59. The van der Waals surface area contributed by atoms with Gasteiger partial charge < -0.3 is 4.90 Å². The largest absolute Gasteiger partial charge is 0.307 e. The summed E-state index contributed by atoms with van der Waals surface area (Å²) in [5.41, 5.74) is 1.07. The molecular formula is C20H16BrF2N5S. The van der Waals surface area contributed by atoms with Gasteiger partial charge in [-0.15, -0.1) is 0 Å². The highest BCUT2D eigenvalue weighted by molar-refractivity contribution is 9.10. The smallest absolute Gasteiger partial charge is 0.192 e. The Balaban J connectivity index is 2.09. The fourth-order valence-corrected chi connectivity index (χ4v) is 3.88. The van der Waals surface area contributed by atoms with Crippen LogP contribution in [0.15, 0.2) is 47.1 Å². The normalized spacial score (nSPS) is 11.4. The molecule has 0 saturated carbocycles. The summed E-state index contributed by atoms with van der Waals surface area (Å²) < 4.78 is 28.8. The lowest BCUT2D eigenvalue weighted by atomic mass is 10.1. The van der Waals surface area contributed by atoms with Gasteiger partial charge in [-0.05, 0) is 52.7 Å². The first-order chi connectivity index (χ1) is 13.8. The number of thiazole rings is 1. The third-order valence-corrected chi connectivity index (χ3v) is 5.71. The highest BCUT2D eigenvalue weighted by atomic mass is 79.9. The number of anilines is 1. The van der Waals surface area contributed by atoms with Crippen LogP contribution in [0, 0.1) is 28.4 Å². The van der Waals surface area contributed by atoms with Crippen LogP contribution in [0.3, 0.4) is 0 Å². The zero-order valence-electron chi connectivity index (χ0n) is 15.6. The predicted molar refractivity (Wildman–Crippen MR) is 113 cm³/mol. The molecule has 3 rings (SSSR count). The van der Waals surface area contributed by atoms with E-state index >= 15 is 0 Å². The van der Waals surface area contributed by atoms with Gasteiger partial charge in [-0.25, -0.2) is 13.8 Å². The highest BCUT2D eigenvalue weighted by Crippen LogP contribution is 2.34. The summed E-state index contributed by atoms with van der Waals surface area (Å²) in [5.74, 6) is -0.291. The molecule has 1 aromatic carbocycles. The summed E-state index contributed by atoms with van der Waals surface area (Å²) in [6.45, 7) is 1.95. The van der Waals surface area contributed by atoms with Gasteiger partial charge in [0.1, 0.15) is 39.6 Å². The fraction of sp³-hybridized carbons (Fsp3) is 0.150. The fourth-order valence-electron chi connectivity index (χ4n) is 2.70. The van der Waals surface area contributed by atoms with E-state index in [1.807, 2.05) is 13.0 Å². The minimum atomic E-state index is -0.524. The van der Waals surface area contributed by atoms with Gasteiger partial charge in [0.15, 0.2) is 5.13 Å². The molecular weight excluding hydrogens is 460 g/mol. The molecule has 5 nitrogen and oxygen atoms in total. The number of nitrogens with one attached hydrogen (secondary N) is 1. The summed E-state index contributed by atoms with van der Waals surface area (Å²) in [7, 11) is 1.76. The van der Waals surface area contributed by atoms with Crippen molar-refractivity contribution in [3.8, 4) is 17.3 Å². The molecule has 0 atom stereocenters. The lowest BCUT2D eigenvalue weighted by Gasteiger charge is -2.22. The Kier molecular flexibility index (Phi) is 6.25. The van der Waals surface area contributed by atoms with Crippen molar-refractivity contribution in [2.75, 3.05) is 11.9 Å². The van der Waals surface area contributed by atoms with Crippen LogP contribution in [0.25, 0.3) is 17.1 Å². The molecule has 0 aliphatic carbocycles.